The fourth-order valence-electron chi connectivity index (χ4n) is 5.21. The molecule has 4 aliphatic rings. The predicted octanol–water partition coefficient (Wildman–Crippen LogP) is 4.06. The van der Waals surface area contributed by atoms with Gasteiger partial charge in [-0.05, 0) is 54.6 Å². The molecule has 3 heteroatoms. The molecular weight excluding hydrogens is 271 g/mol. The Morgan fingerprint density at radius 3 is 2.68 bits per heavy atom. The predicted molar refractivity (Wildman–Crippen MR) is 89.6 cm³/mol. The van der Waals surface area contributed by atoms with Gasteiger partial charge in [-0.3, -0.25) is 0 Å². The number of benzene rings is 1. The first kappa shape index (κ1) is 14.8. The first-order valence-electron chi connectivity index (χ1n) is 8.84. The summed E-state index contributed by atoms with van der Waals surface area (Å²) in [6.45, 7) is 9.32. The maximum atomic E-state index is 6.49. The van der Waals surface area contributed by atoms with Gasteiger partial charge in [0, 0.05) is 6.32 Å². The summed E-state index contributed by atoms with van der Waals surface area (Å²) in [7, 11) is -0.0720. The molecule has 22 heavy (non-hydrogen) atoms. The molecule has 0 N–H and O–H groups in total. The molecule has 1 heterocycles. The van der Waals surface area contributed by atoms with Crippen molar-refractivity contribution in [3.8, 4) is 0 Å². The summed E-state index contributed by atoms with van der Waals surface area (Å²) < 4.78 is 12.8. The average molecular weight is 298 g/mol. The molecule has 1 saturated heterocycles. The third kappa shape index (κ3) is 2.01. The lowest BCUT2D eigenvalue weighted by atomic mass is 9.43. The quantitative estimate of drug-likeness (QED) is 0.784. The van der Waals surface area contributed by atoms with Gasteiger partial charge >= 0.3 is 7.12 Å². The zero-order valence-electron chi connectivity index (χ0n) is 14.3. The fourth-order valence-corrected chi connectivity index (χ4v) is 5.21. The Morgan fingerprint density at radius 2 is 1.95 bits per heavy atom. The van der Waals surface area contributed by atoms with Crippen LogP contribution in [0.3, 0.4) is 0 Å². The highest BCUT2D eigenvalue weighted by Gasteiger charge is 2.67. The molecule has 0 aromatic heterocycles. The van der Waals surface area contributed by atoms with Crippen molar-refractivity contribution in [1.29, 1.82) is 0 Å². The van der Waals surface area contributed by atoms with Gasteiger partial charge in [0.25, 0.3) is 0 Å². The van der Waals surface area contributed by atoms with Crippen molar-refractivity contribution >= 4 is 7.12 Å². The highest BCUT2D eigenvalue weighted by atomic mass is 16.7. The summed E-state index contributed by atoms with van der Waals surface area (Å²) in [6.07, 6.45) is 4.74. The first-order chi connectivity index (χ1) is 10.4. The highest BCUT2D eigenvalue weighted by Crippen LogP contribution is 2.65. The van der Waals surface area contributed by atoms with E-state index >= 15 is 0 Å². The number of aryl methyl sites for hydroxylation is 1. The molecule has 2 bridgehead atoms. The molecule has 0 spiro atoms. The van der Waals surface area contributed by atoms with E-state index in [0.29, 0.717) is 17.4 Å². The van der Waals surface area contributed by atoms with Gasteiger partial charge in [-0.2, -0.15) is 0 Å². The molecule has 118 valence electrons. The molecule has 1 aromatic rings. The zero-order valence-corrected chi connectivity index (χ0v) is 14.3. The van der Waals surface area contributed by atoms with Crippen molar-refractivity contribution in [2.45, 2.75) is 65.0 Å². The summed E-state index contributed by atoms with van der Waals surface area (Å²) in [5.74, 6) is 1.47. The van der Waals surface area contributed by atoms with Gasteiger partial charge < -0.3 is 9.31 Å². The molecule has 4 fully saturated rings. The van der Waals surface area contributed by atoms with Gasteiger partial charge in [0.15, 0.2) is 0 Å². The van der Waals surface area contributed by atoms with E-state index in [0.717, 1.165) is 18.7 Å². The smallest absolute Gasteiger partial charge is 0.405 e. The third-order valence-corrected chi connectivity index (χ3v) is 6.80. The Labute approximate surface area is 134 Å². The molecule has 4 atom stereocenters. The molecule has 1 aromatic carbocycles. The average Bonchev–Trinajstić information content (AvgIpc) is 2.82. The number of hydrogen-bond donors (Lipinski definition) is 0. The molecule has 2 unspecified atom stereocenters. The molecule has 3 aliphatic carbocycles. The SMILES string of the molecule is CCc1cccc(CB2OC3CC4C[C@@H](C4(C)C)[C@]3(C)O2)c1. The van der Waals surface area contributed by atoms with Gasteiger partial charge in [0.1, 0.15) is 0 Å². The van der Waals surface area contributed by atoms with Crippen molar-refractivity contribution in [1.82, 2.24) is 0 Å². The van der Waals surface area contributed by atoms with E-state index in [4.69, 9.17) is 9.31 Å². The fraction of sp³-hybridized carbons (Fsp3) is 0.684. The Hall–Kier alpha value is -0.795. The van der Waals surface area contributed by atoms with Crippen LogP contribution < -0.4 is 0 Å². The van der Waals surface area contributed by atoms with Crippen LogP contribution in [0.4, 0.5) is 0 Å². The second-order valence-corrected chi connectivity index (χ2v) is 8.28. The Bertz CT molecular complexity index is 585. The summed E-state index contributed by atoms with van der Waals surface area (Å²) in [5, 5.41) is 0. The largest absolute Gasteiger partial charge is 0.462 e. The molecule has 2 nitrogen and oxygen atoms in total. The van der Waals surface area contributed by atoms with E-state index in [-0.39, 0.29) is 12.7 Å². The Kier molecular flexibility index (Phi) is 3.26. The highest BCUT2D eigenvalue weighted by molar-refractivity contribution is 6.44. The minimum Gasteiger partial charge on any atom is -0.405 e. The van der Waals surface area contributed by atoms with Crippen molar-refractivity contribution in [2.24, 2.45) is 17.3 Å². The van der Waals surface area contributed by atoms with E-state index in [1.165, 1.54) is 24.0 Å². The van der Waals surface area contributed by atoms with Gasteiger partial charge in [-0.25, -0.2) is 0 Å². The van der Waals surface area contributed by atoms with Gasteiger partial charge in [0.2, 0.25) is 0 Å². The molecular formula is C19H27BO2. The van der Waals surface area contributed by atoms with Crippen LogP contribution in [0.2, 0.25) is 0 Å². The summed E-state index contributed by atoms with van der Waals surface area (Å²) in [4.78, 5) is 0. The molecule has 0 radical (unpaired) electrons. The second kappa shape index (κ2) is 4.85. The number of hydrogen-bond acceptors (Lipinski definition) is 2. The van der Waals surface area contributed by atoms with E-state index in [1.54, 1.807) is 0 Å². The van der Waals surface area contributed by atoms with Crippen LogP contribution in [0, 0.1) is 17.3 Å². The summed E-state index contributed by atoms with van der Waals surface area (Å²) in [5.41, 5.74) is 3.07. The van der Waals surface area contributed by atoms with Crippen LogP contribution in [-0.4, -0.2) is 18.8 Å². The van der Waals surface area contributed by atoms with E-state index in [9.17, 15) is 0 Å². The number of rotatable bonds is 3. The first-order valence-corrected chi connectivity index (χ1v) is 8.84. The zero-order chi connectivity index (χ0) is 15.5. The Balaban J connectivity index is 1.50. The van der Waals surface area contributed by atoms with Gasteiger partial charge in [0.05, 0.1) is 11.7 Å². The van der Waals surface area contributed by atoms with E-state index in [1.807, 2.05) is 0 Å². The van der Waals surface area contributed by atoms with Gasteiger partial charge in [-0.1, -0.05) is 45.0 Å². The lowest BCUT2D eigenvalue weighted by Crippen LogP contribution is -2.65. The minimum absolute atomic E-state index is 0.0720. The monoisotopic (exact) mass is 298 g/mol. The van der Waals surface area contributed by atoms with Gasteiger partial charge in [-0.15, -0.1) is 0 Å². The lowest BCUT2D eigenvalue weighted by molar-refractivity contribution is -0.199. The maximum absolute atomic E-state index is 6.49. The maximum Gasteiger partial charge on any atom is 0.462 e. The summed E-state index contributed by atoms with van der Waals surface area (Å²) in [6, 6.07) is 8.83. The van der Waals surface area contributed by atoms with Crippen molar-refractivity contribution in [2.75, 3.05) is 0 Å². The van der Waals surface area contributed by atoms with E-state index in [2.05, 4.69) is 52.0 Å². The standard InChI is InChI=1S/C19H27BO2/c1-5-13-7-6-8-14(9-13)12-20-21-17-11-15-10-16(18(15,2)3)19(17,4)22-20/h6-9,15-17H,5,10-12H2,1-4H3/t15?,16-,17?,19-/m0/s1. The molecule has 3 saturated carbocycles. The lowest BCUT2D eigenvalue weighted by Gasteiger charge is -2.64. The minimum atomic E-state index is -0.0781. The summed E-state index contributed by atoms with van der Waals surface area (Å²) >= 11 is 0. The second-order valence-electron chi connectivity index (χ2n) is 8.28. The van der Waals surface area contributed by atoms with E-state index < -0.39 is 0 Å². The molecule has 1 aliphatic heterocycles. The normalized spacial score (nSPS) is 38.5. The van der Waals surface area contributed by atoms with Crippen LogP contribution in [0.15, 0.2) is 24.3 Å². The van der Waals surface area contributed by atoms with Crippen LogP contribution in [0.25, 0.3) is 0 Å². The van der Waals surface area contributed by atoms with Crippen LogP contribution in [-0.2, 0) is 22.0 Å². The Morgan fingerprint density at radius 1 is 1.18 bits per heavy atom. The third-order valence-electron chi connectivity index (χ3n) is 6.80. The molecule has 5 rings (SSSR count). The van der Waals surface area contributed by atoms with Crippen LogP contribution in [0.5, 0.6) is 0 Å². The van der Waals surface area contributed by atoms with Crippen molar-refractivity contribution < 1.29 is 9.31 Å². The van der Waals surface area contributed by atoms with Crippen LogP contribution >= 0.6 is 0 Å². The van der Waals surface area contributed by atoms with Crippen molar-refractivity contribution in [3.63, 3.8) is 0 Å². The topological polar surface area (TPSA) is 18.5 Å². The van der Waals surface area contributed by atoms with Crippen LogP contribution in [0.1, 0.15) is 51.7 Å². The van der Waals surface area contributed by atoms with Crippen molar-refractivity contribution in [3.05, 3.63) is 35.4 Å². The molecule has 0 amide bonds.